The molecule has 0 radical (unpaired) electrons. The first-order chi connectivity index (χ1) is 19.8. The van der Waals surface area contributed by atoms with Crippen LogP contribution in [0.3, 0.4) is 0 Å². The Morgan fingerprint density at radius 1 is 0.953 bits per heavy atom. The number of sulfonamides is 1. The zero-order valence-corrected chi connectivity index (χ0v) is 27.0. The molecule has 0 unspecified atom stereocenters. The summed E-state index contributed by atoms with van der Waals surface area (Å²) in [6.07, 6.45) is -3.76. The minimum Gasteiger partial charge on any atom is -0.381 e. The second kappa shape index (κ2) is 12.5. The van der Waals surface area contributed by atoms with E-state index in [0.717, 1.165) is 49.2 Å². The quantitative estimate of drug-likeness (QED) is 0.159. The number of nitrogens with one attached hydrogen (secondary N) is 1. The van der Waals surface area contributed by atoms with Gasteiger partial charge < -0.3 is 4.74 Å². The van der Waals surface area contributed by atoms with E-state index < -0.39 is 78.4 Å². The van der Waals surface area contributed by atoms with Crippen LogP contribution in [-0.2, 0) is 35.5 Å². The van der Waals surface area contributed by atoms with Crippen LogP contribution in [0.2, 0.25) is 25.7 Å². The normalized spacial score (nSPS) is 23.8. The van der Waals surface area contributed by atoms with Crippen molar-refractivity contribution < 1.29 is 43.5 Å². The highest BCUT2D eigenvalue weighted by atomic mass is 32.2. The second-order valence-electron chi connectivity index (χ2n) is 13.0. The van der Waals surface area contributed by atoms with Crippen LogP contribution in [0.25, 0.3) is 0 Å². The van der Waals surface area contributed by atoms with Gasteiger partial charge in [-0.2, -0.15) is 13.2 Å². The summed E-state index contributed by atoms with van der Waals surface area (Å²) in [4.78, 5) is -0.468. The van der Waals surface area contributed by atoms with Crippen LogP contribution in [0.5, 0.6) is 0 Å². The molecule has 0 heterocycles. The Balaban J connectivity index is 1.76. The van der Waals surface area contributed by atoms with Gasteiger partial charge in [-0.1, -0.05) is 19.6 Å². The van der Waals surface area contributed by atoms with E-state index in [1.807, 2.05) is 0 Å². The van der Waals surface area contributed by atoms with Crippen LogP contribution in [0.1, 0.15) is 43.2 Å². The summed E-state index contributed by atoms with van der Waals surface area (Å²) in [7, 11) is -9.84. The van der Waals surface area contributed by atoms with Crippen LogP contribution in [0.15, 0.2) is 47.4 Å². The fourth-order valence-corrected chi connectivity index (χ4v) is 10.5. The highest BCUT2D eigenvalue weighted by Crippen LogP contribution is 2.52. The van der Waals surface area contributed by atoms with E-state index >= 15 is 4.39 Å². The van der Waals surface area contributed by atoms with Gasteiger partial charge in [0.05, 0.1) is 16.2 Å². The Morgan fingerprint density at radius 3 is 2.19 bits per heavy atom. The first-order valence-electron chi connectivity index (χ1n) is 14.3. The lowest BCUT2D eigenvalue weighted by molar-refractivity contribution is -0.137. The highest BCUT2D eigenvalue weighted by Gasteiger charge is 2.53. The van der Waals surface area contributed by atoms with Gasteiger partial charge in [-0.15, -0.1) is 0 Å². The minimum atomic E-state index is -4.70. The summed E-state index contributed by atoms with van der Waals surface area (Å²) in [5, 5.41) is 0. The predicted molar refractivity (Wildman–Crippen MR) is 156 cm³/mol. The standard InChI is InChI=1S/C29H38F5NO5S2Si/c1-43(2,3)15-14-40-18-21-17-28(26-16-23(30)6-11-27(26)31,13-12-20(21)19-41(36,37)35-24-7-8-24)42(38,39)25-9-4-22(5-10-25)29(32,33)34/h4-6,9-11,16,20-21,24,35H,7-8,12-15,17-19H2,1-3H3/t20-,21+,28-/m0/s1. The molecule has 2 aliphatic rings. The number of hydrogen-bond acceptors (Lipinski definition) is 5. The lowest BCUT2D eigenvalue weighted by atomic mass is 9.72. The van der Waals surface area contributed by atoms with E-state index in [2.05, 4.69) is 24.4 Å². The number of benzene rings is 2. The molecular weight excluding hydrogens is 630 g/mol. The molecule has 0 aromatic heterocycles. The molecule has 0 aliphatic heterocycles. The first kappa shape index (κ1) is 34.0. The maximum Gasteiger partial charge on any atom is 0.416 e. The summed E-state index contributed by atoms with van der Waals surface area (Å²) in [5.41, 5.74) is -1.49. The molecule has 2 aromatic rings. The zero-order chi connectivity index (χ0) is 31.8. The van der Waals surface area contributed by atoms with Crippen LogP contribution in [0, 0.1) is 23.5 Å². The maximum absolute atomic E-state index is 15.4. The van der Waals surface area contributed by atoms with Gasteiger partial charge in [0, 0.05) is 32.9 Å². The fourth-order valence-electron chi connectivity index (χ4n) is 5.69. The molecule has 240 valence electrons. The third-order valence-corrected chi connectivity index (χ3v) is 14.1. The summed E-state index contributed by atoms with van der Waals surface area (Å²) in [6.45, 7) is 6.84. The third kappa shape index (κ3) is 8.24. The monoisotopic (exact) mass is 667 g/mol. The zero-order valence-electron chi connectivity index (χ0n) is 24.4. The summed E-state index contributed by atoms with van der Waals surface area (Å²) >= 11 is 0. The largest absolute Gasteiger partial charge is 0.416 e. The van der Waals surface area contributed by atoms with Crippen molar-refractivity contribution in [1.29, 1.82) is 0 Å². The molecule has 0 bridgehead atoms. The lowest BCUT2D eigenvalue weighted by Gasteiger charge is -2.44. The van der Waals surface area contributed by atoms with Gasteiger partial charge >= 0.3 is 6.18 Å². The van der Waals surface area contributed by atoms with Gasteiger partial charge in [-0.25, -0.2) is 30.3 Å². The van der Waals surface area contributed by atoms with Gasteiger partial charge in [-0.05, 0) is 92.4 Å². The number of hydrogen-bond donors (Lipinski definition) is 1. The lowest BCUT2D eigenvalue weighted by Crippen LogP contribution is -2.47. The number of alkyl halides is 3. The van der Waals surface area contributed by atoms with Gasteiger partial charge in [0.2, 0.25) is 10.0 Å². The summed E-state index contributed by atoms with van der Waals surface area (Å²) in [6, 6.07) is 6.11. The van der Waals surface area contributed by atoms with E-state index in [9.17, 15) is 34.4 Å². The van der Waals surface area contributed by atoms with E-state index in [0.29, 0.717) is 18.7 Å². The smallest absolute Gasteiger partial charge is 0.381 e. The molecule has 2 fully saturated rings. The van der Waals surface area contributed by atoms with Crippen molar-refractivity contribution in [3.8, 4) is 0 Å². The molecule has 2 aromatic carbocycles. The Kier molecular flexibility index (Phi) is 9.88. The van der Waals surface area contributed by atoms with Gasteiger partial charge in [0.15, 0.2) is 9.84 Å². The van der Waals surface area contributed by atoms with Crippen molar-refractivity contribution in [2.75, 3.05) is 19.0 Å². The SMILES string of the molecule is C[Si](C)(C)CCOC[C@H]1C[C@@](c2cc(F)ccc2F)(S(=O)(=O)c2ccc(C(F)(F)F)cc2)CC[C@H]1CS(=O)(=O)NC1CC1. The van der Waals surface area contributed by atoms with Crippen molar-refractivity contribution in [2.24, 2.45) is 11.8 Å². The number of halogens is 5. The molecule has 43 heavy (non-hydrogen) atoms. The van der Waals surface area contributed by atoms with E-state index in [4.69, 9.17) is 4.74 Å². The van der Waals surface area contributed by atoms with Gasteiger partial charge in [0.25, 0.3) is 0 Å². The fraction of sp³-hybridized carbons (Fsp3) is 0.586. The molecular formula is C29H38F5NO5S2Si. The maximum atomic E-state index is 15.4. The second-order valence-corrected chi connectivity index (χ2v) is 22.6. The first-order valence-corrected chi connectivity index (χ1v) is 21.1. The van der Waals surface area contributed by atoms with E-state index in [1.165, 1.54) is 0 Å². The Morgan fingerprint density at radius 2 is 1.60 bits per heavy atom. The third-order valence-electron chi connectivity index (χ3n) is 8.29. The minimum absolute atomic E-state index is 0.00465. The topological polar surface area (TPSA) is 89.5 Å². The highest BCUT2D eigenvalue weighted by molar-refractivity contribution is 7.92. The van der Waals surface area contributed by atoms with Crippen LogP contribution >= 0.6 is 0 Å². The molecule has 0 spiro atoms. The van der Waals surface area contributed by atoms with Crippen molar-refractivity contribution in [2.45, 2.75) is 79.6 Å². The number of sulfone groups is 1. The van der Waals surface area contributed by atoms with Crippen LogP contribution in [-0.4, -0.2) is 49.9 Å². The average molecular weight is 668 g/mol. The molecule has 4 rings (SSSR count). The summed E-state index contributed by atoms with van der Waals surface area (Å²) in [5.74, 6) is -3.36. The van der Waals surface area contributed by atoms with Crippen LogP contribution in [0.4, 0.5) is 22.0 Å². The number of rotatable bonds is 12. The molecule has 2 saturated carbocycles. The van der Waals surface area contributed by atoms with Crippen LogP contribution < -0.4 is 4.72 Å². The van der Waals surface area contributed by atoms with E-state index in [1.54, 1.807) is 0 Å². The molecule has 3 atom stereocenters. The average Bonchev–Trinajstić information content (AvgIpc) is 3.71. The molecule has 1 N–H and O–H groups in total. The molecule has 0 amide bonds. The molecule has 14 heteroatoms. The van der Waals surface area contributed by atoms with Crippen molar-refractivity contribution in [3.63, 3.8) is 0 Å². The predicted octanol–water partition coefficient (Wildman–Crippen LogP) is 6.51. The summed E-state index contributed by atoms with van der Waals surface area (Å²) < 4.78 is 131. The molecule has 0 saturated heterocycles. The Labute approximate surface area is 251 Å². The Bertz CT molecular complexity index is 1510. The molecule has 2 aliphatic carbocycles. The van der Waals surface area contributed by atoms with Crippen molar-refractivity contribution in [1.82, 2.24) is 4.72 Å². The van der Waals surface area contributed by atoms with Gasteiger partial charge in [0.1, 0.15) is 16.4 Å². The van der Waals surface area contributed by atoms with E-state index in [-0.39, 0.29) is 37.7 Å². The van der Waals surface area contributed by atoms with Crippen molar-refractivity contribution in [3.05, 3.63) is 65.2 Å². The number of ether oxygens (including phenoxy) is 1. The van der Waals surface area contributed by atoms with Crippen molar-refractivity contribution >= 4 is 27.9 Å². The van der Waals surface area contributed by atoms with Gasteiger partial charge in [-0.3, -0.25) is 0 Å². The Hall–Kier alpha value is -1.87. The molecule has 6 nitrogen and oxygen atoms in total.